The minimum Gasteiger partial charge on any atom is -0.506 e. The number of nitrogens with zero attached hydrogens (tertiary/aromatic N) is 2. The van der Waals surface area contributed by atoms with Crippen LogP contribution in [0, 0.1) is 20.8 Å². The molecule has 0 radical (unpaired) electrons. The number of aromatic hydroxyl groups is 1. The number of fused-ring (bicyclic) bond motifs is 1. The molecule has 1 amide bonds. The Balaban J connectivity index is 1.94. The number of hydrogen-bond acceptors (Lipinski definition) is 6. The summed E-state index contributed by atoms with van der Waals surface area (Å²) in [7, 11) is 1.94. The van der Waals surface area contributed by atoms with Crippen LogP contribution in [-0.4, -0.2) is 39.8 Å². The van der Waals surface area contributed by atoms with Crippen LogP contribution in [0.5, 0.6) is 11.6 Å². The van der Waals surface area contributed by atoms with Crippen LogP contribution >= 0.6 is 11.6 Å². The van der Waals surface area contributed by atoms with Crippen LogP contribution in [0.4, 0.5) is 5.82 Å². The van der Waals surface area contributed by atoms with Gasteiger partial charge in [0.05, 0.1) is 21.8 Å². The molecule has 6 N–H and O–H groups in total. The summed E-state index contributed by atoms with van der Waals surface area (Å²) in [6.07, 6.45) is 3.25. The number of aromatic nitrogens is 2. The first-order chi connectivity index (χ1) is 15.1. The number of carbonyl (C=O) groups is 1. The number of nitrogens with one attached hydrogen (secondary N) is 1. The maximum Gasteiger partial charge on any atom is 0.253 e. The first kappa shape index (κ1) is 22.2. The molecule has 0 spiro atoms. The lowest BCUT2D eigenvalue weighted by molar-refractivity contribution is 0.100. The van der Waals surface area contributed by atoms with Crippen molar-refractivity contribution in [2.75, 3.05) is 19.4 Å². The van der Waals surface area contributed by atoms with Gasteiger partial charge < -0.3 is 26.6 Å². The number of halogens is 1. The SMILES string of the molecule is CNC1(COc2nc3c(cc2C)c(C(N)=O)c(N)n3-c2c(C)cc(Cl)c(O)c2C)CCC1. The zero-order valence-electron chi connectivity index (χ0n) is 18.7. The summed E-state index contributed by atoms with van der Waals surface area (Å²) in [6, 6.07) is 3.46. The lowest BCUT2D eigenvalue weighted by Crippen LogP contribution is -2.53. The lowest BCUT2D eigenvalue weighted by atomic mass is 9.77. The van der Waals surface area contributed by atoms with Gasteiger partial charge >= 0.3 is 0 Å². The molecule has 4 rings (SSSR count). The number of primary amides is 1. The van der Waals surface area contributed by atoms with Gasteiger partial charge in [-0.05, 0) is 64.8 Å². The van der Waals surface area contributed by atoms with Crippen LogP contribution in [0.1, 0.15) is 46.3 Å². The number of amides is 1. The fourth-order valence-corrected chi connectivity index (χ4v) is 4.78. The van der Waals surface area contributed by atoms with Crippen LogP contribution in [0.25, 0.3) is 16.7 Å². The number of rotatable bonds is 6. The summed E-state index contributed by atoms with van der Waals surface area (Å²) in [6.45, 7) is 5.94. The second kappa shape index (κ2) is 7.86. The van der Waals surface area contributed by atoms with E-state index in [1.165, 1.54) is 0 Å². The number of pyridine rings is 1. The van der Waals surface area contributed by atoms with Gasteiger partial charge in [-0.25, -0.2) is 0 Å². The Labute approximate surface area is 191 Å². The highest BCUT2D eigenvalue weighted by atomic mass is 35.5. The van der Waals surface area contributed by atoms with Crippen molar-refractivity contribution in [3.63, 3.8) is 0 Å². The van der Waals surface area contributed by atoms with Crippen LogP contribution in [0.2, 0.25) is 5.02 Å². The molecule has 9 heteroatoms. The molecule has 0 unspecified atom stereocenters. The van der Waals surface area contributed by atoms with Crippen molar-refractivity contribution in [1.29, 1.82) is 0 Å². The summed E-state index contributed by atoms with van der Waals surface area (Å²) in [5, 5.41) is 14.6. The average molecular weight is 458 g/mol. The molecular weight excluding hydrogens is 430 g/mol. The van der Waals surface area contributed by atoms with E-state index in [1.54, 1.807) is 17.6 Å². The maximum atomic E-state index is 12.3. The number of phenolic OH excluding ortho intramolecular Hbond substituents is 1. The summed E-state index contributed by atoms with van der Waals surface area (Å²) in [5.41, 5.74) is 15.3. The van der Waals surface area contributed by atoms with Crippen LogP contribution in [-0.2, 0) is 0 Å². The lowest BCUT2D eigenvalue weighted by Gasteiger charge is -2.41. The minimum atomic E-state index is -0.654. The number of likely N-dealkylation sites (N-methyl/N-ethyl adjacent to an activating group) is 1. The Morgan fingerprint density at radius 1 is 1.31 bits per heavy atom. The quantitative estimate of drug-likeness (QED) is 0.448. The summed E-state index contributed by atoms with van der Waals surface area (Å²) < 4.78 is 7.77. The molecule has 170 valence electrons. The number of anilines is 1. The molecule has 3 aromatic rings. The second-order valence-corrected chi connectivity index (χ2v) is 9.02. The molecule has 8 nitrogen and oxygen atoms in total. The van der Waals surface area contributed by atoms with Crippen LogP contribution < -0.4 is 21.5 Å². The van der Waals surface area contributed by atoms with Crippen molar-refractivity contribution < 1.29 is 14.6 Å². The maximum absolute atomic E-state index is 12.3. The molecule has 1 aliphatic rings. The van der Waals surface area contributed by atoms with Gasteiger partial charge in [-0.1, -0.05) is 11.6 Å². The first-order valence-electron chi connectivity index (χ1n) is 10.5. The van der Waals surface area contributed by atoms with E-state index in [0.717, 1.165) is 30.4 Å². The van der Waals surface area contributed by atoms with Crippen molar-refractivity contribution in [2.45, 2.75) is 45.6 Å². The van der Waals surface area contributed by atoms with Gasteiger partial charge in [0.25, 0.3) is 5.91 Å². The number of hydrogen-bond donors (Lipinski definition) is 4. The highest BCUT2D eigenvalue weighted by Gasteiger charge is 2.36. The zero-order valence-corrected chi connectivity index (χ0v) is 19.4. The highest BCUT2D eigenvalue weighted by molar-refractivity contribution is 6.32. The Morgan fingerprint density at radius 3 is 2.56 bits per heavy atom. The number of carbonyl (C=O) groups excluding carboxylic acids is 1. The molecule has 1 aliphatic carbocycles. The largest absolute Gasteiger partial charge is 0.506 e. The average Bonchev–Trinajstić information content (AvgIpc) is 2.97. The first-order valence-corrected chi connectivity index (χ1v) is 10.9. The molecule has 0 atom stereocenters. The number of aryl methyl sites for hydroxylation is 2. The number of phenols is 1. The highest BCUT2D eigenvalue weighted by Crippen LogP contribution is 2.40. The molecule has 1 saturated carbocycles. The number of benzene rings is 1. The molecule has 32 heavy (non-hydrogen) atoms. The smallest absolute Gasteiger partial charge is 0.253 e. The van der Waals surface area contributed by atoms with E-state index in [4.69, 9.17) is 32.8 Å². The van der Waals surface area contributed by atoms with E-state index < -0.39 is 5.91 Å². The predicted molar refractivity (Wildman–Crippen MR) is 126 cm³/mol. The van der Waals surface area contributed by atoms with Crippen molar-refractivity contribution in [1.82, 2.24) is 14.9 Å². The molecule has 2 heterocycles. The van der Waals surface area contributed by atoms with Crippen molar-refractivity contribution in [3.05, 3.63) is 39.4 Å². The van der Waals surface area contributed by atoms with Gasteiger partial charge in [0.2, 0.25) is 5.88 Å². The van der Waals surface area contributed by atoms with Gasteiger partial charge in [-0.15, -0.1) is 0 Å². The number of nitrogens with two attached hydrogens (primary N) is 2. The van der Waals surface area contributed by atoms with E-state index in [2.05, 4.69) is 5.32 Å². The van der Waals surface area contributed by atoms with Gasteiger partial charge in [0.1, 0.15) is 18.2 Å². The summed E-state index contributed by atoms with van der Waals surface area (Å²) in [5.74, 6) is -0.102. The summed E-state index contributed by atoms with van der Waals surface area (Å²) >= 11 is 6.15. The normalized spacial score (nSPS) is 15.0. The van der Waals surface area contributed by atoms with E-state index in [0.29, 0.717) is 34.8 Å². The van der Waals surface area contributed by atoms with Gasteiger partial charge in [0, 0.05) is 16.5 Å². The topological polar surface area (TPSA) is 128 Å². The van der Waals surface area contributed by atoms with E-state index in [1.807, 2.05) is 27.0 Å². The van der Waals surface area contributed by atoms with Crippen molar-refractivity contribution in [2.24, 2.45) is 5.73 Å². The third-order valence-corrected chi connectivity index (χ3v) is 6.86. The molecule has 1 aromatic carbocycles. The Morgan fingerprint density at radius 2 is 2.00 bits per heavy atom. The third kappa shape index (κ3) is 3.34. The molecule has 0 saturated heterocycles. The molecule has 2 aromatic heterocycles. The molecule has 0 bridgehead atoms. The Kier molecular flexibility index (Phi) is 5.46. The Hall–Kier alpha value is -2.97. The predicted octanol–water partition coefficient (Wildman–Crippen LogP) is 3.51. The monoisotopic (exact) mass is 457 g/mol. The van der Waals surface area contributed by atoms with Crippen LogP contribution in [0.15, 0.2) is 12.1 Å². The third-order valence-electron chi connectivity index (χ3n) is 6.57. The summed E-state index contributed by atoms with van der Waals surface area (Å²) in [4.78, 5) is 17.1. The fraction of sp³-hybridized carbons (Fsp3) is 0.391. The standard InChI is InChI=1S/C23H28ClN5O3/c1-11-9-15(24)18(30)13(3)17(11)29-19(25)16(20(26)31)14-8-12(2)22(28-21(14)29)32-10-23(27-4)6-5-7-23/h8-9,27,30H,5-7,10,25H2,1-4H3,(H2,26,31). The number of nitrogen functional groups attached to an aromatic ring is 1. The van der Waals surface area contributed by atoms with E-state index in [-0.39, 0.29) is 27.7 Å². The second-order valence-electron chi connectivity index (χ2n) is 8.61. The van der Waals surface area contributed by atoms with Gasteiger partial charge in [-0.3, -0.25) is 9.36 Å². The minimum absolute atomic E-state index is 0.0440. The molecule has 1 fully saturated rings. The Bertz CT molecular complexity index is 1240. The fourth-order valence-electron chi connectivity index (χ4n) is 4.47. The number of ether oxygens (including phenoxy) is 1. The zero-order chi connectivity index (χ0) is 23.4. The van der Waals surface area contributed by atoms with Gasteiger partial charge in [0.15, 0.2) is 5.65 Å². The van der Waals surface area contributed by atoms with Crippen molar-refractivity contribution in [3.8, 4) is 17.3 Å². The van der Waals surface area contributed by atoms with Crippen LogP contribution in [0.3, 0.4) is 0 Å². The van der Waals surface area contributed by atoms with Gasteiger partial charge in [-0.2, -0.15) is 4.98 Å². The van der Waals surface area contributed by atoms with Crippen molar-refractivity contribution >= 4 is 34.4 Å². The van der Waals surface area contributed by atoms with E-state index >= 15 is 0 Å². The van der Waals surface area contributed by atoms with E-state index in [9.17, 15) is 9.90 Å². The molecule has 0 aliphatic heterocycles. The molecular formula is C23H28ClN5O3.